The molecule has 3 aromatic rings. The minimum atomic E-state index is -2.16. The molecule has 10 nitrogen and oxygen atoms in total. The van der Waals surface area contributed by atoms with Gasteiger partial charge in [0.2, 0.25) is 5.88 Å². The van der Waals surface area contributed by atoms with Gasteiger partial charge in [-0.3, -0.25) is 0 Å². The predicted molar refractivity (Wildman–Crippen MR) is 119 cm³/mol. The molecule has 168 valence electrons. The van der Waals surface area contributed by atoms with Crippen LogP contribution in [-0.4, -0.2) is 68.3 Å². The number of ether oxygens (including phenoxy) is 3. The number of benzene rings is 1. The number of methoxy groups -OCH3 is 1. The molecule has 2 N–H and O–H groups in total. The van der Waals surface area contributed by atoms with Crippen LogP contribution < -0.4 is 14.8 Å². The lowest BCUT2D eigenvalue weighted by Crippen LogP contribution is -2.30. The van der Waals surface area contributed by atoms with E-state index in [-0.39, 0.29) is 13.2 Å². The number of aliphatic hydroxyl groups is 1. The predicted octanol–water partition coefficient (Wildman–Crippen LogP) is 2.42. The molecule has 2 aliphatic rings. The van der Waals surface area contributed by atoms with Crippen molar-refractivity contribution in [2.75, 3.05) is 37.1 Å². The number of nitrogens with zero attached hydrogens (tertiary/aromatic N) is 4. The van der Waals surface area contributed by atoms with Crippen molar-refractivity contribution in [3.05, 3.63) is 36.8 Å². The maximum Gasteiger partial charge on any atom is 0.238 e. The Bertz CT molecular complexity index is 1270. The molecule has 2 saturated heterocycles. The average molecular weight is 458 g/mol. The normalized spacial score (nSPS) is 21.7. The van der Waals surface area contributed by atoms with Crippen LogP contribution in [0.3, 0.4) is 0 Å². The molecule has 4 heterocycles. The number of fused-ring (bicyclic) bond motifs is 1. The van der Waals surface area contributed by atoms with E-state index in [2.05, 4.69) is 24.6 Å². The lowest BCUT2D eigenvalue weighted by molar-refractivity contribution is 0.0709. The van der Waals surface area contributed by atoms with Gasteiger partial charge in [0.1, 0.15) is 29.7 Å². The van der Waals surface area contributed by atoms with Crippen molar-refractivity contribution >= 4 is 37.8 Å². The largest absolute Gasteiger partial charge is 0.496 e. The molecule has 0 saturated carbocycles. The van der Waals surface area contributed by atoms with Crippen molar-refractivity contribution < 1.29 is 23.5 Å². The molecule has 2 fully saturated rings. The second kappa shape index (κ2) is 8.49. The van der Waals surface area contributed by atoms with Crippen molar-refractivity contribution in [1.82, 2.24) is 15.0 Å². The van der Waals surface area contributed by atoms with Crippen LogP contribution in [0.5, 0.6) is 11.6 Å². The van der Waals surface area contributed by atoms with Crippen molar-refractivity contribution in [2.45, 2.75) is 18.6 Å². The summed E-state index contributed by atoms with van der Waals surface area (Å²) in [4.78, 5) is 13.0. The van der Waals surface area contributed by atoms with Crippen molar-refractivity contribution in [3.8, 4) is 11.6 Å². The maximum atomic E-state index is 12.6. The number of nitrogens with one attached hydrogen (secondary N) is 1. The molecule has 0 spiro atoms. The summed E-state index contributed by atoms with van der Waals surface area (Å²) in [6.07, 6.45) is 2.76. The highest BCUT2D eigenvalue weighted by Gasteiger charge is 2.29. The van der Waals surface area contributed by atoms with Crippen LogP contribution in [0.15, 0.2) is 41.2 Å². The average Bonchev–Trinajstić information content (AvgIpc) is 3.18. The molecular formula is C21H23N5O5S. The zero-order valence-electron chi connectivity index (χ0n) is 17.4. The van der Waals surface area contributed by atoms with Crippen LogP contribution in [-0.2, 0) is 14.5 Å². The van der Waals surface area contributed by atoms with E-state index in [1.165, 1.54) is 6.33 Å². The fraction of sp³-hybridized carbons (Fsp3) is 0.381. The Morgan fingerprint density at radius 3 is 2.84 bits per heavy atom. The van der Waals surface area contributed by atoms with Crippen molar-refractivity contribution in [2.24, 2.45) is 4.36 Å². The molecular weight excluding hydrogens is 434 g/mol. The molecule has 5 rings (SSSR count). The molecule has 11 heteroatoms. The van der Waals surface area contributed by atoms with Gasteiger partial charge in [-0.25, -0.2) is 19.2 Å². The lowest BCUT2D eigenvalue weighted by atomic mass is 10.2. The Labute approximate surface area is 185 Å². The first-order valence-corrected chi connectivity index (χ1v) is 12.1. The van der Waals surface area contributed by atoms with Crippen molar-refractivity contribution in [3.63, 3.8) is 0 Å². The molecule has 1 aromatic carbocycles. The second-order valence-corrected chi connectivity index (χ2v) is 10.2. The first kappa shape index (κ1) is 20.9. The molecule has 0 radical (unpaired) electrons. The fourth-order valence-electron chi connectivity index (χ4n) is 3.61. The van der Waals surface area contributed by atoms with E-state index in [1.807, 2.05) is 0 Å². The van der Waals surface area contributed by atoms with Crippen molar-refractivity contribution in [1.29, 1.82) is 0 Å². The molecule has 2 aromatic heterocycles. The second-order valence-electron chi connectivity index (χ2n) is 7.63. The topological polar surface area (TPSA) is 128 Å². The van der Waals surface area contributed by atoms with Gasteiger partial charge in [0, 0.05) is 23.8 Å². The van der Waals surface area contributed by atoms with Crippen LogP contribution in [0.2, 0.25) is 0 Å². The van der Waals surface area contributed by atoms with Gasteiger partial charge in [-0.1, -0.05) is 0 Å². The van der Waals surface area contributed by atoms with E-state index in [1.54, 1.807) is 37.6 Å². The Kier molecular flexibility index (Phi) is 5.53. The van der Waals surface area contributed by atoms with Gasteiger partial charge in [-0.15, -0.1) is 0 Å². The monoisotopic (exact) mass is 457 g/mol. The van der Waals surface area contributed by atoms with Crippen LogP contribution in [0.1, 0.15) is 6.42 Å². The van der Waals surface area contributed by atoms with Crippen LogP contribution in [0, 0.1) is 0 Å². The summed E-state index contributed by atoms with van der Waals surface area (Å²) in [5.74, 6) is 2.56. The third-order valence-electron chi connectivity index (χ3n) is 5.39. The molecule has 0 aliphatic carbocycles. The summed E-state index contributed by atoms with van der Waals surface area (Å²) >= 11 is 0. The van der Waals surface area contributed by atoms with Gasteiger partial charge < -0.3 is 24.6 Å². The third-order valence-corrected chi connectivity index (χ3v) is 7.79. The molecule has 0 unspecified atom stereocenters. The Morgan fingerprint density at radius 1 is 1.25 bits per heavy atom. The summed E-state index contributed by atoms with van der Waals surface area (Å²) < 4.78 is 33.7. The first-order chi connectivity index (χ1) is 15.5. The standard InChI is InChI=1S/C21H23N5O5S/c1-29-17-9-13(26-32(28)6-3-7-32)8-15-19(17)20(24-12-23-15)25-14-4-2-5-22-21(14)31-18-11-30-10-16(18)27/h2,4-5,8-9,12,16,18,27H,3,6-7,10-11H2,1H3,(H,23,24,25)/t16-,18+/m1/s1. The van der Waals surface area contributed by atoms with E-state index in [9.17, 15) is 9.32 Å². The minimum Gasteiger partial charge on any atom is -0.496 e. The fourth-order valence-corrected chi connectivity index (χ4v) is 5.06. The summed E-state index contributed by atoms with van der Waals surface area (Å²) in [7, 11) is -0.607. The number of hydrogen-bond donors (Lipinski definition) is 2. The maximum absolute atomic E-state index is 12.6. The summed E-state index contributed by atoms with van der Waals surface area (Å²) in [6, 6.07) is 7.09. The Balaban J connectivity index is 1.52. The van der Waals surface area contributed by atoms with E-state index in [0.717, 1.165) is 6.42 Å². The Hall–Kier alpha value is -3.02. The summed E-state index contributed by atoms with van der Waals surface area (Å²) in [6.45, 7) is 0.519. The molecule has 0 bridgehead atoms. The summed E-state index contributed by atoms with van der Waals surface area (Å²) in [5, 5.41) is 13.9. The first-order valence-electron chi connectivity index (χ1n) is 10.2. The van der Waals surface area contributed by atoms with Gasteiger partial charge in [0.05, 0.1) is 46.6 Å². The highest BCUT2D eigenvalue weighted by atomic mass is 32.2. The van der Waals surface area contributed by atoms with Crippen LogP contribution in [0.25, 0.3) is 10.9 Å². The van der Waals surface area contributed by atoms with Gasteiger partial charge in [-0.2, -0.15) is 4.36 Å². The van der Waals surface area contributed by atoms with E-state index >= 15 is 0 Å². The highest BCUT2D eigenvalue weighted by Crippen LogP contribution is 2.37. The quantitative estimate of drug-likeness (QED) is 0.573. The zero-order chi connectivity index (χ0) is 22.1. The van der Waals surface area contributed by atoms with E-state index in [4.69, 9.17) is 14.2 Å². The van der Waals surface area contributed by atoms with Gasteiger partial charge in [-0.05, 0) is 24.6 Å². The van der Waals surface area contributed by atoms with Crippen LogP contribution >= 0.6 is 0 Å². The molecule has 32 heavy (non-hydrogen) atoms. The smallest absolute Gasteiger partial charge is 0.238 e. The number of hydrogen-bond acceptors (Lipinski definition) is 10. The molecule has 2 atom stereocenters. The van der Waals surface area contributed by atoms with Crippen LogP contribution in [0.4, 0.5) is 17.2 Å². The van der Waals surface area contributed by atoms with E-state index < -0.39 is 21.9 Å². The van der Waals surface area contributed by atoms with E-state index in [0.29, 0.717) is 51.2 Å². The lowest BCUT2D eigenvalue weighted by Gasteiger charge is -2.19. The third kappa shape index (κ3) is 4.06. The Morgan fingerprint density at radius 2 is 2.12 bits per heavy atom. The van der Waals surface area contributed by atoms with Gasteiger partial charge >= 0.3 is 0 Å². The summed E-state index contributed by atoms with van der Waals surface area (Å²) in [5.41, 5.74) is 1.75. The minimum absolute atomic E-state index is 0.230. The number of aromatic nitrogens is 3. The highest BCUT2D eigenvalue weighted by molar-refractivity contribution is 7.95. The van der Waals surface area contributed by atoms with Gasteiger partial charge in [0.15, 0.2) is 6.10 Å². The zero-order valence-corrected chi connectivity index (χ0v) is 18.2. The molecule has 0 amide bonds. The number of pyridine rings is 1. The van der Waals surface area contributed by atoms with Gasteiger partial charge in [0.25, 0.3) is 0 Å². The SMILES string of the molecule is COc1cc(N=S2(=O)CCC2)cc2ncnc(Nc3cccnc3O[C@H]3COC[C@H]3O)c12. The molecule has 2 aliphatic heterocycles. The number of rotatable bonds is 6. The number of aliphatic hydroxyl groups excluding tert-OH is 1. The number of anilines is 2.